The molecule has 0 amide bonds. The molecule has 2 aliphatic carbocycles. The Kier molecular flexibility index (Phi) is 15.9. The molecule has 22 heteroatoms. The van der Waals surface area contributed by atoms with E-state index in [1.165, 1.54) is 34.9 Å². The van der Waals surface area contributed by atoms with E-state index < -0.39 is 80.8 Å². The number of rotatable bonds is 13. The van der Waals surface area contributed by atoms with Gasteiger partial charge in [0, 0.05) is 23.7 Å². The van der Waals surface area contributed by atoms with Gasteiger partial charge >= 0.3 is 35.6 Å². The average molecular weight is 1040 g/mol. The van der Waals surface area contributed by atoms with Gasteiger partial charge in [0.1, 0.15) is 12.7 Å². The Hall–Kier alpha value is -6.99. The molecule has 394 valence electrons. The van der Waals surface area contributed by atoms with E-state index in [0.29, 0.717) is 74.6 Å². The maximum atomic E-state index is 13.4. The molecule has 3 N–H and O–H groups in total. The standard InChI is InChI=1S/C26H26F6N4O3.C26H27F3N4O2/c1-17(18-11-20(25(27,28)29)13-21(12-18)26(30,31)32)39-15-23(19-5-3-2-4-6-19)7-9-24(10-8-23,14-34-38)36-16-33-35-22(36)37;1-18-13-20(15-22(14-18)26(27,28)29)19(2)35-16-24(21-7-5-4-6-8-21)9-11-25(30-3,12-10-24)33-17-31-32-23(33)34/h2-6,11-14,16-17,38H,7-10,15H2,1H3,(H,35,37);4-8,13-15,17,19H,9-12,16H2,1-2H3,(H,32,34)/b34-14+;/t17-,23?,24?;19-,24?,25?/m11/s1. The van der Waals surface area contributed by atoms with E-state index in [-0.39, 0.29) is 24.8 Å². The Bertz CT molecular complexity index is 3000. The topological polar surface area (TPSA) is 157 Å². The fraction of sp³-hybridized carbons (Fsp3) is 0.423. The zero-order valence-corrected chi connectivity index (χ0v) is 40.4. The first kappa shape index (κ1) is 54.8. The third-order valence-electron chi connectivity index (χ3n) is 14.6. The fourth-order valence-electron chi connectivity index (χ4n) is 10.1. The summed E-state index contributed by atoms with van der Waals surface area (Å²) in [6, 6.07) is 24.4. The summed E-state index contributed by atoms with van der Waals surface area (Å²) in [6.07, 6.45) is -8.60. The maximum Gasteiger partial charge on any atom is 0.416 e. The Balaban J connectivity index is 0.000000217. The Labute approximate surface area is 418 Å². The molecule has 0 bridgehead atoms. The second kappa shape index (κ2) is 21.5. The van der Waals surface area contributed by atoms with Crippen LogP contribution in [0.1, 0.15) is 122 Å². The number of oxime groups is 1. The summed E-state index contributed by atoms with van der Waals surface area (Å²) in [5, 5.41) is 24.7. The predicted octanol–water partition coefficient (Wildman–Crippen LogP) is 11.8. The highest BCUT2D eigenvalue weighted by Crippen LogP contribution is 2.49. The summed E-state index contributed by atoms with van der Waals surface area (Å²) < 4.78 is 135. The van der Waals surface area contributed by atoms with Crippen LogP contribution in [0.5, 0.6) is 0 Å². The van der Waals surface area contributed by atoms with Crippen LogP contribution in [0.4, 0.5) is 39.5 Å². The van der Waals surface area contributed by atoms with E-state index in [1.54, 1.807) is 19.9 Å². The number of ether oxygens (including phenoxy) is 2. The second-order valence-corrected chi connectivity index (χ2v) is 19.2. The lowest BCUT2D eigenvalue weighted by Crippen LogP contribution is -2.49. The van der Waals surface area contributed by atoms with Crippen molar-refractivity contribution >= 4 is 6.21 Å². The molecule has 2 saturated carbocycles. The van der Waals surface area contributed by atoms with Gasteiger partial charge in [-0.25, -0.2) is 30.9 Å². The molecule has 74 heavy (non-hydrogen) atoms. The van der Waals surface area contributed by atoms with Gasteiger partial charge in [-0.15, -0.1) is 0 Å². The van der Waals surface area contributed by atoms with Gasteiger partial charge < -0.3 is 14.7 Å². The first-order valence-electron chi connectivity index (χ1n) is 23.5. The second-order valence-electron chi connectivity index (χ2n) is 19.2. The number of alkyl halides is 9. The smallest absolute Gasteiger partial charge is 0.411 e. The third kappa shape index (κ3) is 11.8. The van der Waals surface area contributed by atoms with Crippen molar-refractivity contribution in [2.45, 2.75) is 125 Å². The summed E-state index contributed by atoms with van der Waals surface area (Å²) in [5.41, 5.74) is -4.87. The molecule has 13 nitrogen and oxygen atoms in total. The molecule has 0 saturated heterocycles. The third-order valence-corrected chi connectivity index (χ3v) is 14.6. The van der Waals surface area contributed by atoms with Crippen molar-refractivity contribution in [1.29, 1.82) is 0 Å². The van der Waals surface area contributed by atoms with Gasteiger partial charge in [0.15, 0.2) is 0 Å². The van der Waals surface area contributed by atoms with Crippen LogP contribution >= 0.6 is 0 Å². The monoisotopic (exact) mass is 1040 g/mol. The van der Waals surface area contributed by atoms with Crippen LogP contribution in [0.25, 0.3) is 4.85 Å². The molecular formula is C52H53F9N8O5. The van der Waals surface area contributed by atoms with Gasteiger partial charge in [0.25, 0.3) is 0 Å². The number of hydrogen-bond acceptors (Lipinski definition) is 8. The molecule has 0 unspecified atom stereocenters. The minimum absolute atomic E-state index is 0.0115. The van der Waals surface area contributed by atoms with Crippen LogP contribution in [-0.4, -0.2) is 54.2 Å². The summed E-state index contributed by atoms with van der Waals surface area (Å²) >= 11 is 0. The van der Waals surface area contributed by atoms with Crippen LogP contribution in [0, 0.1) is 13.5 Å². The van der Waals surface area contributed by atoms with Crippen molar-refractivity contribution in [3.63, 3.8) is 0 Å². The zero-order valence-electron chi connectivity index (χ0n) is 40.4. The number of benzene rings is 4. The van der Waals surface area contributed by atoms with Crippen LogP contribution in [0.3, 0.4) is 0 Å². The van der Waals surface area contributed by atoms with Gasteiger partial charge in [0.2, 0.25) is 0 Å². The highest BCUT2D eigenvalue weighted by Gasteiger charge is 2.51. The van der Waals surface area contributed by atoms with E-state index in [2.05, 4.69) is 30.4 Å². The van der Waals surface area contributed by atoms with E-state index in [0.717, 1.165) is 23.3 Å². The molecular weight excluding hydrogens is 988 g/mol. The number of H-pyrrole nitrogens is 2. The van der Waals surface area contributed by atoms with Crippen molar-refractivity contribution < 1.29 is 54.2 Å². The Morgan fingerprint density at radius 3 is 1.45 bits per heavy atom. The highest BCUT2D eigenvalue weighted by atomic mass is 19.4. The first-order chi connectivity index (χ1) is 34.9. The average Bonchev–Trinajstić information content (AvgIpc) is 4.03. The minimum Gasteiger partial charge on any atom is -0.411 e. The molecule has 0 spiro atoms. The molecule has 0 radical (unpaired) electrons. The number of nitrogens with zero attached hydrogens (tertiary/aromatic N) is 6. The molecule has 2 atom stereocenters. The molecule has 2 heterocycles. The van der Waals surface area contributed by atoms with Crippen LogP contribution < -0.4 is 11.4 Å². The molecule has 2 aliphatic rings. The van der Waals surface area contributed by atoms with Crippen molar-refractivity contribution in [3.8, 4) is 0 Å². The van der Waals surface area contributed by atoms with Gasteiger partial charge in [-0.05, 0) is 112 Å². The van der Waals surface area contributed by atoms with Gasteiger partial charge in [-0.1, -0.05) is 77.4 Å². The van der Waals surface area contributed by atoms with Crippen molar-refractivity contribution in [2.75, 3.05) is 13.2 Å². The summed E-state index contributed by atoms with van der Waals surface area (Å²) in [7, 11) is 0. The lowest BCUT2D eigenvalue weighted by Gasteiger charge is -2.45. The molecule has 0 aliphatic heterocycles. The van der Waals surface area contributed by atoms with Gasteiger partial charge in [0.05, 0.1) is 53.9 Å². The lowest BCUT2D eigenvalue weighted by atomic mass is 9.64. The molecule has 2 fully saturated rings. The number of hydrogen-bond donors (Lipinski definition) is 3. The number of aryl methyl sites for hydroxylation is 1. The van der Waals surface area contributed by atoms with Crippen LogP contribution in [0.15, 0.2) is 124 Å². The van der Waals surface area contributed by atoms with E-state index in [4.69, 9.17) is 16.0 Å². The lowest BCUT2D eigenvalue weighted by molar-refractivity contribution is -0.143. The molecule has 6 aromatic rings. The molecule has 2 aromatic heterocycles. The Morgan fingerprint density at radius 2 is 1.05 bits per heavy atom. The Morgan fingerprint density at radius 1 is 0.649 bits per heavy atom. The molecule has 4 aromatic carbocycles. The summed E-state index contributed by atoms with van der Waals surface area (Å²) in [5.74, 6) is 0. The van der Waals surface area contributed by atoms with Crippen molar-refractivity contribution in [2.24, 2.45) is 5.16 Å². The summed E-state index contributed by atoms with van der Waals surface area (Å²) in [6.45, 7) is 12.9. The quantitative estimate of drug-likeness (QED) is 0.0342. The van der Waals surface area contributed by atoms with Gasteiger partial charge in [-0.3, -0.25) is 9.41 Å². The summed E-state index contributed by atoms with van der Waals surface area (Å²) in [4.78, 5) is 28.4. The van der Waals surface area contributed by atoms with Crippen LogP contribution in [-0.2, 0) is 50.0 Å². The number of halogens is 9. The van der Waals surface area contributed by atoms with Crippen LogP contribution in [0.2, 0.25) is 0 Å². The SMILES string of the molecule is C[C@@H](OCC1(c2ccccc2)CCC(/C=N/O)(n2cn[nH]c2=O)CC1)c1cc(C(F)(F)F)cc(C(F)(F)F)c1.[C-]#[N+]C1(n2cn[nH]c2=O)CCC(CO[C@H](C)c2cc(C)cc(C(F)(F)F)c2)(c2ccccc2)CC1. The largest absolute Gasteiger partial charge is 0.416 e. The van der Waals surface area contributed by atoms with E-state index >= 15 is 0 Å². The van der Waals surface area contributed by atoms with E-state index in [1.807, 2.05) is 60.7 Å². The van der Waals surface area contributed by atoms with Gasteiger partial charge in [-0.2, -0.15) is 49.7 Å². The number of aromatic amines is 2. The minimum atomic E-state index is -4.97. The van der Waals surface area contributed by atoms with Crippen molar-refractivity contribution in [3.05, 3.63) is 187 Å². The van der Waals surface area contributed by atoms with Crippen molar-refractivity contribution in [1.82, 2.24) is 29.5 Å². The number of nitrogens with one attached hydrogen (secondary N) is 2. The maximum absolute atomic E-state index is 13.4. The normalized spacial score (nSPS) is 23.4. The fourth-order valence-corrected chi connectivity index (χ4v) is 10.1. The first-order valence-corrected chi connectivity index (χ1v) is 23.5. The van der Waals surface area contributed by atoms with E-state index in [9.17, 15) is 54.3 Å². The number of aromatic nitrogens is 6. The zero-order chi connectivity index (χ0) is 53.7. The predicted molar refractivity (Wildman–Crippen MR) is 253 cm³/mol. The highest BCUT2D eigenvalue weighted by molar-refractivity contribution is 5.68. The molecule has 8 rings (SSSR count).